The standard InChI is InChI=1S/C19H23N5O2/c1-3-4-11(2)14-10-17(23-22-14)21-18(25)12-5-8-16-15(9-12)20-19(26)24(16)13-6-7-13/h5,8-11,13H,3-4,6-7H2,1-2H3,(H,20,26)(H2,21,22,23,25). The molecule has 7 heteroatoms. The molecule has 2 aromatic heterocycles. The zero-order valence-corrected chi connectivity index (χ0v) is 15.0. The molecule has 1 aliphatic rings. The Bertz CT molecular complexity index is 1010. The van der Waals surface area contributed by atoms with E-state index in [1.807, 2.05) is 12.1 Å². The van der Waals surface area contributed by atoms with Crippen molar-refractivity contribution in [2.75, 3.05) is 5.32 Å². The van der Waals surface area contributed by atoms with Crippen molar-refractivity contribution in [3.63, 3.8) is 0 Å². The van der Waals surface area contributed by atoms with Gasteiger partial charge in [0.25, 0.3) is 5.91 Å². The summed E-state index contributed by atoms with van der Waals surface area (Å²) in [5.41, 5.74) is 2.94. The number of aromatic amines is 2. The van der Waals surface area contributed by atoms with Crippen LogP contribution >= 0.6 is 0 Å². The number of rotatable bonds is 6. The van der Waals surface area contributed by atoms with Crippen LogP contribution in [0.15, 0.2) is 29.1 Å². The van der Waals surface area contributed by atoms with Gasteiger partial charge < -0.3 is 10.3 Å². The fourth-order valence-corrected chi connectivity index (χ4v) is 3.40. The van der Waals surface area contributed by atoms with E-state index in [-0.39, 0.29) is 11.6 Å². The summed E-state index contributed by atoms with van der Waals surface area (Å²) in [6.45, 7) is 4.28. The maximum Gasteiger partial charge on any atom is 0.326 e. The first-order valence-corrected chi connectivity index (χ1v) is 9.17. The van der Waals surface area contributed by atoms with Crippen molar-refractivity contribution in [1.29, 1.82) is 0 Å². The Morgan fingerprint density at radius 1 is 1.38 bits per heavy atom. The first-order chi connectivity index (χ1) is 12.6. The van der Waals surface area contributed by atoms with Gasteiger partial charge in [-0.2, -0.15) is 5.10 Å². The average molecular weight is 353 g/mol. The number of imidazole rings is 1. The van der Waals surface area contributed by atoms with Gasteiger partial charge in [-0.15, -0.1) is 0 Å². The Labute approximate surface area is 150 Å². The van der Waals surface area contributed by atoms with Gasteiger partial charge in [-0.1, -0.05) is 20.3 Å². The van der Waals surface area contributed by atoms with Crippen LogP contribution in [0, 0.1) is 0 Å². The van der Waals surface area contributed by atoms with Gasteiger partial charge in [0, 0.05) is 23.4 Å². The number of benzene rings is 1. The maximum atomic E-state index is 12.5. The lowest BCUT2D eigenvalue weighted by molar-refractivity contribution is 0.102. The Balaban J connectivity index is 1.54. The lowest BCUT2D eigenvalue weighted by atomic mass is 10.0. The van der Waals surface area contributed by atoms with Crippen molar-refractivity contribution in [2.24, 2.45) is 0 Å². The van der Waals surface area contributed by atoms with E-state index in [2.05, 4.69) is 34.3 Å². The van der Waals surface area contributed by atoms with Crippen molar-refractivity contribution < 1.29 is 4.79 Å². The summed E-state index contributed by atoms with van der Waals surface area (Å²) in [5, 5.41) is 9.99. The van der Waals surface area contributed by atoms with E-state index < -0.39 is 0 Å². The van der Waals surface area contributed by atoms with E-state index in [1.54, 1.807) is 16.7 Å². The zero-order valence-electron chi connectivity index (χ0n) is 15.0. The molecule has 3 aromatic rings. The van der Waals surface area contributed by atoms with Crippen molar-refractivity contribution in [2.45, 2.75) is 51.5 Å². The van der Waals surface area contributed by atoms with Gasteiger partial charge in [0.1, 0.15) is 0 Å². The lowest BCUT2D eigenvalue weighted by Gasteiger charge is -2.05. The Morgan fingerprint density at radius 2 is 2.19 bits per heavy atom. The SMILES string of the molecule is CCCC(C)c1cc(NC(=O)c2ccc3c(c2)[nH]c(=O)n3C2CC2)n[nH]1. The third kappa shape index (κ3) is 3.05. The molecular weight excluding hydrogens is 330 g/mol. The summed E-state index contributed by atoms with van der Waals surface area (Å²) >= 11 is 0. The van der Waals surface area contributed by atoms with E-state index >= 15 is 0 Å². The third-order valence-corrected chi connectivity index (χ3v) is 4.98. The van der Waals surface area contributed by atoms with Crippen LogP contribution in [0.5, 0.6) is 0 Å². The Morgan fingerprint density at radius 3 is 2.92 bits per heavy atom. The number of nitrogens with one attached hydrogen (secondary N) is 3. The normalized spacial score (nSPS) is 15.3. The van der Waals surface area contributed by atoms with Crippen molar-refractivity contribution >= 4 is 22.8 Å². The van der Waals surface area contributed by atoms with E-state index in [0.29, 0.717) is 28.9 Å². The van der Waals surface area contributed by atoms with Gasteiger partial charge in [0.15, 0.2) is 5.82 Å². The predicted molar refractivity (Wildman–Crippen MR) is 101 cm³/mol. The molecule has 0 radical (unpaired) electrons. The molecule has 1 amide bonds. The van der Waals surface area contributed by atoms with Gasteiger partial charge in [0.05, 0.1) is 11.0 Å². The molecule has 7 nitrogen and oxygen atoms in total. The molecule has 1 saturated carbocycles. The third-order valence-electron chi connectivity index (χ3n) is 4.98. The monoisotopic (exact) mass is 353 g/mol. The first kappa shape index (κ1) is 16.6. The van der Waals surface area contributed by atoms with Crippen LogP contribution in [-0.4, -0.2) is 25.7 Å². The summed E-state index contributed by atoms with van der Waals surface area (Å²) in [7, 11) is 0. The maximum absolute atomic E-state index is 12.5. The minimum Gasteiger partial charge on any atom is -0.306 e. The number of anilines is 1. The molecule has 1 unspecified atom stereocenters. The molecule has 1 aromatic carbocycles. The fraction of sp³-hybridized carbons (Fsp3) is 0.421. The second-order valence-electron chi connectivity index (χ2n) is 7.12. The Hall–Kier alpha value is -2.83. The number of aromatic nitrogens is 4. The van der Waals surface area contributed by atoms with E-state index in [9.17, 15) is 9.59 Å². The summed E-state index contributed by atoms with van der Waals surface area (Å²) in [4.78, 5) is 27.5. The zero-order chi connectivity index (χ0) is 18.3. The van der Waals surface area contributed by atoms with Crippen molar-refractivity contribution in [3.8, 4) is 0 Å². The highest BCUT2D eigenvalue weighted by atomic mass is 16.2. The largest absolute Gasteiger partial charge is 0.326 e. The quantitative estimate of drug-likeness (QED) is 0.632. The number of amides is 1. The molecular formula is C19H23N5O2. The minimum absolute atomic E-state index is 0.109. The number of fused-ring (bicyclic) bond motifs is 1. The topological polar surface area (TPSA) is 95.6 Å². The number of nitrogens with zero attached hydrogens (tertiary/aromatic N) is 2. The molecule has 1 fully saturated rings. The van der Waals surface area contributed by atoms with Crippen LogP contribution in [0.2, 0.25) is 0 Å². The number of hydrogen-bond acceptors (Lipinski definition) is 3. The van der Waals surface area contributed by atoms with Gasteiger partial charge in [0.2, 0.25) is 0 Å². The highest BCUT2D eigenvalue weighted by molar-refractivity contribution is 6.05. The number of hydrogen-bond donors (Lipinski definition) is 3. The minimum atomic E-state index is -0.242. The molecule has 136 valence electrons. The highest BCUT2D eigenvalue weighted by Gasteiger charge is 2.27. The molecule has 1 aliphatic carbocycles. The molecule has 0 saturated heterocycles. The predicted octanol–water partition coefficient (Wildman–Crippen LogP) is 3.54. The van der Waals surface area contributed by atoms with Crippen molar-refractivity contribution in [1.82, 2.24) is 19.7 Å². The smallest absolute Gasteiger partial charge is 0.306 e. The number of carbonyl (C=O) groups excluding carboxylic acids is 1. The van der Waals surface area contributed by atoms with Crippen LogP contribution in [-0.2, 0) is 0 Å². The van der Waals surface area contributed by atoms with Gasteiger partial charge in [-0.25, -0.2) is 4.79 Å². The average Bonchev–Trinajstić information content (AvgIpc) is 3.23. The molecule has 0 bridgehead atoms. The fourth-order valence-electron chi connectivity index (χ4n) is 3.40. The first-order valence-electron chi connectivity index (χ1n) is 9.17. The van der Waals surface area contributed by atoms with Gasteiger partial charge in [-0.3, -0.25) is 14.5 Å². The summed E-state index contributed by atoms with van der Waals surface area (Å²) in [6.07, 6.45) is 4.23. The summed E-state index contributed by atoms with van der Waals surface area (Å²) < 4.78 is 1.78. The van der Waals surface area contributed by atoms with Crippen LogP contribution in [0.1, 0.15) is 67.5 Å². The van der Waals surface area contributed by atoms with E-state index in [1.165, 1.54) is 0 Å². The Kier molecular flexibility index (Phi) is 4.14. The second kappa shape index (κ2) is 6.48. The molecule has 4 rings (SSSR count). The van der Waals surface area contributed by atoms with Crippen LogP contribution in [0.25, 0.3) is 11.0 Å². The van der Waals surface area contributed by atoms with Gasteiger partial charge in [-0.05, 0) is 43.4 Å². The molecule has 0 spiro atoms. The molecule has 26 heavy (non-hydrogen) atoms. The molecule has 0 aliphatic heterocycles. The van der Waals surface area contributed by atoms with E-state index in [0.717, 1.165) is 36.9 Å². The summed E-state index contributed by atoms with van der Waals surface area (Å²) in [6, 6.07) is 7.47. The second-order valence-corrected chi connectivity index (χ2v) is 7.12. The van der Waals surface area contributed by atoms with Crippen LogP contribution in [0.3, 0.4) is 0 Å². The molecule has 3 N–H and O–H groups in total. The van der Waals surface area contributed by atoms with Crippen molar-refractivity contribution in [3.05, 3.63) is 46.0 Å². The lowest BCUT2D eigenvalue weighted by Crippen LogP contribution is -2.14. The molecule has 1 atom stereocenters. The summed E-state index contributed by atoms with van der Waals surface area (Å²) in [5.74, 6) is 0.645. The van der Waals surface area contributed by atoms with Crippen LogP contribution in [0.4, 0.5) is 5.82 Å². The molecule has 2 heterocycles. The number of H-pyrrole nitrogens is 2. The number of carbonyl (C=O) groups is 1. The van der Waals surface area contributed by atoms with Crippen LogP contribution < -0.4 is 11.0 Å². The highest BCUT2D eigenvalue weighted by Crippen LogP contribution is 2.35. The van der Waals surface area contributed by atoms with Gasteiger partial charge >= 0.3 is 5.69 Å². The van der Waals surface area contributed by atoms with E-state index in [4.69, 9.17) is 0 Å².